The van der Waals surface area contributed by atoms with Gasteiger partial charge in [-0.15, -0.1) is 0 Å². The zero-order chi connectivity index (χ0) is 9.90. The van der Waals surface area contributed by atoms with E-state index in [2.05, 4.69) is 9.97 Å². The minimum absolute atomic E-state index is 0.164. The molecule has 1 aromatic heterocycles. The zero-order valence-corrected chi connectivity index (χ0v) is 7.82. The van der Waals surface area contributed by atoms with Gasteiger partial charge in [0.05, 0.1) is 11.7 Å². The molecular formula is C9H13N3O. The summed E-state index contributed by atoms with van der Waals surface area (Å²) in [5, 5.41) is 0. The number of Topliss-reactive ketones (excluding diaryl/α,β-unsaturated/α-hetero) is 1. The molecule has 0 radical (unpaired) electrons. The van der Waals surface area contributed by atoms with Crippen molar-refractivity contribution in [3.63, 3.8) is 0 Å². The highest BCUT2D eigenvalue weighted by atomic mass is 16.1. The fourth-order valence-corrected chi connectivity index (χ4v) is 0.869. The molecule has 0 spiro atoms. The summed E-state index contributed by atoms with van der Waals surface area (Å²) in [6, 6.07) is 0. The Labute approximate surface area is 77.2 Å². The summed E-state index contributed by atoms with van der Waals surface area (Å²) < 4.78 is 0. The van der Waals surface area contributed by atoms with Gasteiger partial charge in [0, 0.05) is 12.4 Å². The number of aromatic nitrogens is 2. The molecular weight excluding hydrogens is 166 g/mol. The van der Waals surface area contributed by atoms with Gasteiger partial charge >= 0.3 is 0 Å². The van der Waals surface area contributed by atoms with E-state index in [9.17, 15) is 4.79 Å². The van der Waals surface area contributed by atoms with E-state index >= 15 is 0 Å². The van der Waals surface area contributed by atoms with Crippen LogP contribution in [0.25, 0.3) is 0 Å². The Kier molecular flexibility index (Phi) is 2.72. The first-order valence-electron chi connectivity index (χ1n) is 4.17. The molecule has 1 rings (SSSR count). The summed E-state index contributed by atoms with van der Waals surface area (Å²) in [6.07, 6.45) is 5.03. The SMILES string of the molecule is CCC(C)(N)C(=O)c1cnccn1. The third-order valence-corrected chi connectivity index (χ3v) is 2.05. The second-order valence-corrected chi connectivity index (χ2v) is 3.19. The molecule has 0 saturated carbocycles. The van der Waals surface area contributed by atoms with Crippen LogP contribution in [0.2, 0.25) is 0 Å². The Hall–Kier alpha value is -1.29. The van der Waals surface area contributed by atoms with Crippen molar-refractivity contribution in [3.8, 4) is 0 Å². The minimum atomic E-state index is -0.837. The first kappa shape index (κ1) is 9.80. The summed E-state index contributed by atoms with van der Waals surface area (Å²) in [5.41, 5.74) is 5.27. The molecule has 0 bridgehead atoms. The Morgan fingerprint density at radius 1 is 1.62 bits per heavy atom. The molecule has 0 aliphatic rings. The molecule has 4 nitrogen and oxygen atoms in total. The zero-order valence-electron chi connectivity index (χ0n) is 7.82. The van der Waals surface area contributed by atoms with Crippen LogP contribution in [0.1, 0.15) is 30.8 Å². The number of rotatable bonds is 3. The molecule has 1 aromatic rings. The van der Waals surface area contributed by atoms with Crippen molar-refractivity contribution in [1.29, 1.82) is 0 Å². The molecule has 1 heterocycles. The number of carbonyl (C=O) groups excluding carboxylic acids is 1. The van der Waals surface area contributed by atoms with E-state index in [1.807, 2.05) is 6.92 Å². The molecule has 0 aliphatic heterocycles. The number of carbonyl (C=O) groups is 1. The monoisotopic (exact) mass is 179 g/mol. The lowest BCUT2D eigenvalue weighted by atomic mass is 9.93. The van der Waals surface area contributed by atoms with E-state index < -0.39 is 5.54 Å². The Morgan fingerprint density at radius 3 is 2.77 bits per heavy atom. The van der Waals surface area contributed by atoms with Crippen molar-refractivity contribution < 1.29 is 4.79 Å². The Morgan fingerprint density at radius 2 is 2.31 bits per heavy atom. The molecule has 0 fully saturated rings. The summed E-state index contributed by atoms with van der Waals surface area (Å²) >= 11 is 0. The predicted octanol–water partition coefficient (Wildman–Crippen LogP) is 0.787. The van der Waals surface area contributed by atoms with E-state index in [4.69, 9.17) is 5.73 Å². The fourth-order valence-electron chi connectivity index (χ4n) is 0.869. The van der Waals surface area contributed by atoms with Gasteiger partial charge in [0.1, 0.15) is 5.69 Å². The number of hydrogen-bond acceptors (Lipinski definition) is 4. The van der Waals surface area contributed by atoms with Crippen LogP contribution in [0, 0.1) is 0 Å². The molecule has 1 unspecified atom stereocenters. The molecule has 0 aliphatic carbocycles. The van der Waals surface area contributed by atoms with Gasteiger partial charge in [0.2, 0.25) is 5.78 Å². The van der Waals surface area contributed by atoms with Crippen LogP contribution in [-0.4, -0.2) is 21.3 Å². The summed E-state index contributed by atoms with van der Waals surface area (Å²) in [4.78, 5) is 19.4. The Bertz CT molecular complexity index is 295. The van der Waals surface area contributed by atoms with E-state index in [0.717, 1.165) is 0 Å². The second kappa shape index (κ2) is 3.62. The fraction of sp³-hybridized carbons (Fsp3) is 0.444. The third-order valence-electron chi connectivity index (χ3n) is 2.05. The lowest BCUT2D eigenvalue weighted by Crippen LogP contribution is -2.44. The van der Waals surface area contributed by atoms with Gasteiger partial charge in [0.25, 0.3) is 0 Å². The summed E-state index contributed by atoms with van der Waals surface area (Å²) in [5.74, 6) is -0.164. The van der Waals surface area contributed by atoms with E-state index in [-0.39, 0.29) is 5.78 Å². The van der Waals surface area contributed by atoms with Crippen LogP contribution in [0.15, 0.2) is 18.6 Å². The van der Waals surface area contributed by atoms with E-state index in [1.54, 1.807) is 6.92 Å². The predicted molar refractivity (Wildman–Crippen MR) is 49.2 cm³/mol. The van der Waals surface area contributed by atoms with Crippen molar-refractivity contribution in [2.45, 2.75) is 25.8 Å². The topological polar surface area (TPSA) is 68.9 Å². The number of nitrogens with zero attached hydrogens (tertiary/aromatic N) is 2. The molecule has 13 heavy (non-hydrogen) atoms. The van der Waals surface area contributed by atoms with Crippen molar-refractivity contribution in [3.05, 3.63) is 24.3 Å². The van der Waals surface area contributed by atoms with Gasteiger partial charge in [0.15, 0.2) is 0 Å². The number of ketones is 1. The highest BCUT2D eigenvalue weighted by Gasteiger charge is 2.28. The first-order valence-corrected chi connectivity index (χ1v) is 4.17. The van der Waals surface area contributed by atoms with Gasteiger partial charge in [-0.05, 0) is 13.3 Å². The van der Waals surface area contributed by atoms with Gasteiger partial charge < -0.3 is 5.73 Å². The minimum Gasteiger partial charge on any atom is -0.319 e. The van der Waals surface area contributed by atoms with Gasteiger partial charge in [-0.25, -0.2) is 4.98 Å². The summed E-state index contributed by atoms with van der Waals surface area (Å²) in [6.45, 7) is 3.57. The summed E-state index contributed by atoms with van der Waals surface area (Å²) in [7, 11) is 0. The Balaban J connectivity index is 2.93. The van der Waals surface area contributed by atoms with Crippen LogP contribution >= 0.6 is 0 Å². The third kappa shape index (κ3) is 2.09. The maximum Gasteiger partial charge on any atom is 0.202 e. The molecule has 70 valence electrons. The van der Waals surface area contributed by atoms with Gasteiger partial charge in [-0.2, -0.15) is 0 Å². The van der Waals surface area contributed by atoms with Crippen LogP contribution < -0.4 is 5.73 Å². The van der Waals surface area contributed by atoms with Crippen LogP contribution in [0.5, 0.6) is 0 Å². The maximum atomic E-state index is 11.7. The lowest BCUT2D eigenvalue weighted by molar-refractivity contribution is 0.0892. The molecule has 2 N–H and O–H groups in total. The normalized spacial score (nSPS) is 15.0. The smallest absolute Gasteiger partial charge is 0.202 e. The number of nitrogens with two attached hydrogens (primary N) is 1. The number of hydrogen-bond donors (Lipinski definition) is 1. The lowest BCUT2D eigenvalue weighted by Gasteiger charge is -2.19. The average Bonchev–Trinajstić information content (AvgIpc) is 2.18. The largest absolute Gasteiger partial charge is 0.319 e. The van der Waals surface area contributed by atoms with E-state index in [1.165, 1.54) is 18.6 Å². The highest BCUT2D eigenvalue weighted by Crippen LogP contribution is 2.11. The van der Waals surface area contributed by atoms with Crippen LogP contribution in [0.4, 0.5) is 0 Å². The second-order valence-electron chi connectivity index (χ2n) is 3.19. The molecule has 0 saturated heterocycles. The van der Waals surface area contributed by atoms with Crippen molar-refractivity contribution in [2.24, 2.45) is 5.73 Å². The van der Waals surface area contributed by atoms with Gasteiger partial charge in [-0.1, -0.05) is 6.92 Å². The highest BCUT2D eigenvalue weighted by molar-refractivity contribution is 6.00. The molecule has 4 heteroatoms. The van der Waals surface area contributed by atoms with E-state index in [0.29, 0.717) is 12.1 Å². The average molecular weight is 179 g/mol. The molecule has 1 atom stereocenters. The first-order chi connectivity index (χ1) is 6.08. The van der Waals surface area contributed by atoms with Crippen LogP contribution in [-0.2, 0) is 0 Å². The maximum absolute atomic E-state index is 11.7. The molecule has 0 aromatic carbocycles. The van der Waals surface area contributed by atoms with Crippen molar-refractivity contribution in [2.75, 3.05) is 0 Å². The standard InChI is InChI=1S/C9H13N3O/c1-3-9(2,10)8(13)7-6-11-4-5-12-7/h4-6H,3,10H2,1-2H3. The van der Waals surface area contributed by atoms with Crippen LogP contribution in [0.3, 0.4) is 0 Å². The van der Waals surface area contributed by atoms with Crippen molar-refractivity contribution in [1.82, 2.24) is 9.97 Å². The molecule has 0 amide bonds. The van der Waals surface area contributed by atoms with Gasteiger partial charge in [-0.3, -0.25) is 9.78 Å². The quantitative estimate of drug-likeness (QED) is 0.696. The van der Waals surface area contributed by atoms with Crippen molar-refractivity contribution >= 4 is 5.78 Å².